The van der Waals surface area contributed by atoms with Crippen LogP contribution in [0.15, 0.2) is 0 Å². The van der Waals surface area contributed by atoms with E-state index in [0.717, 1.165) is 41.3 Å². The molecule has 0 saturated carbocycles. The summed E-state index contributed by atoms with van der Waals surface area (Å²) < 4.78 is 24.4. The largest absolute Gasteiger partial charge is 0.463 e. The highest BCUT2D eigenvalue weighted by atomic mass is 16.6. The molecule has 0 spiro atoms. The first kappa shape index (κ1) is 63.6. The standard InChI is InChI=1S/C56H114N3O6/c1-10-12-14-16-18-20-22-24-26-28-30-32-34-36-42-58(6,7)44-46-62-48-50-64-54(60)39-41-56(4,5)40-38-53(3)52-57-55(61)65-51-49-63-47-45-59(8,9)43-37-35-33-31-29-27-25-23-21-19-17-15-13-11-2/h53H,10-52H2,1-9H3/q+1/p+1. The molecule has 1 N–H and O–H groups in total. The van der Waals surface area contributed by atoms with Gasteiger partial charge in [0.1, 0.15) is 26.3 Å². The van der Waals surface area contributed by atoms with Gasteiger partial charge in [0.05, 0.1) is 67.7 Å². The highest BCUT2D eigenvalue weighted by molar-refractivity contribution is 5.69. The number of unbranched alkanes of at least 4 members (excludes halogenated alkanes) is 26. The molecule has 0 aromatic heterocycles. The van der Waals surface area contributed by atoms with Crippen LogP contribution in [0.1, 0.15) is 240 Å². The lowest BCUT2D eigenvalue weighted by molar-refractivity contribution is -0.891. The molecule has 0 fully saturated rings. The number of esters is 1. The van der Waals surface area contributed by atoms with Crippen LogP contribution in [-0.2, 0) is 23.7 Å². The van der Waals surface area contributed by atoms with Crippen molar-refractivity contribution in [1.82, 2.24) is 5.32 Å². The summed E-state index contributed by atoms with van der Waals surface area (Å²) in [6, 6.07) is 0. The van der Waals surface area contributed by atoms with Crippen LogP contribution in [0.25, 0.3) is 0 Å². The van der Waals surface area contributed by atoms with Crippen LogP contribution < -0.4 is 5.32 Å². The third-order valence-corrected chi connectivity index (χ3v) is 13.8. The summed E-state index contributed by atoms with van der Waals surface area (Å²) in [5, 5.41) is 2.91. The lowest BCUT2D eigenvalue weighted by atomic mass is 9.81. The van der Waals surface area contributed by atoms with Crippen LogP contribution in [0.2, 0.25) is 0 Å². The molecular weight excluding hydrogens is 811 g/mol. The third kappa shape index (κ3) is 47.4. The molecule has 0 bridgehead atoms. The van der Waals surface area contributed by atoms with E-state index in [-0.39, 0.29) is 24.1 Å². The van der Waals surface area contributed by atoms with Gasteiger partial charge in [0.2, 0.25) is 0 Å². The molecule has 9 nitrogen and oxygen atoms in total. The van der Waals surface area contributed by atoms with E-state index in [1.54, 1.807) is 0 Å². The van der Waals surface area contributed by atoms with Gasteiger partial charge in [-0.1, -0.05) is 189 Å². The highest BCUT2D eigenvalue weighted by Gasteiger charge is 2.22. The van der Waals surface area contributed by atoms with E-state index >= 15 is 0 Å². The van der Waals surface area contributed by atoms with E-state index in [4.69, 9.17) is 18.9 Å². The number of amides is 1. The molecule has 0 aliphatic heterocycles. The molecule has 0 heterocycles. The van der Waals surface area contributed by atoms with E-state index < -0.39 is 0 Å². The molecular formula is C56H115N3O6+2. The first-order chi connectivity index (χ1) is 31.2. The van der Waals surface area contributed by atoms with Crippen molar-refractivity contribution in [2.45, 2.75) is 240 Å². The number of carbonyl (C=O) groups excluding carboxylic acids is 2. The molecule has 65 heavy (non-hydrogen) atoms. The van der Waals surface area contributed by atoms with Gasteiger partial charge in [-0.15, -0.1) is 0 Å². The second kappa shape index (κ2) is 43.8. The van der Waals surface area contributed by atoms with Crippen LogP contribution in [0.3, 0.4) is 0 Å². The van der Waals surface area contributed by atoms with E-state index in [0.29, 0.717) is 51.9 Å². The minimum absolute atomic E-state index is 0.0114. The van der Waals surface area contributed by atoms with Crippen LogP contribution in [-0.4, -0.2) is 122 Å². The van der Waals surface area contributed by atoms with Crippen molar-refractivity contribution in [2.24, 2.45) is 11.3 Å². The number of hydrogen-bond acceptors (Lipinski definition) is 6. The molecule has 0 aliphatic carbocycles. The van der Waals surface area contributed by atoms with Crippen molar-refractivity contribution in [3.05, 3.63) is 0 Å². The molecule has 0 rings (SSSR count). The number of hydrogen-bond donors (Lipinski definition) is 1. The first-order valence-electron chi connectivity index (χ1n) is 28.1. The Morgan fingerprint density at radius 3 is 1.20 bits per heavy atom. The van der Waals surface area contributed by atoms with Crippen molar-refractivity contribution in [2.75, 3.05) is 101 Å². The van der Waals surface area contributed by atoms with Crippen molar-refractivity contribution >= 4 is 12.1 Å². The number of nitrogens with one attached hydrogen (secondary N) is 1. The Kier molecular flexibility index (Phi) is 42.9. The lowest BCUT2D eigenvalue weighted by Crippen LogP contribution is -2.43. The molecule has 388 valence electrons. The predicted octanol–water partition coefficient (Wildman–Crippen LogP) is 14.6. The number of likely N-dealkylation sites (N-methyl/N-ethyl adjacent to an activating group) is 2. The number of rotatable bonds is 50. The number of quaternary nitrogens is 2. The molecule has 0 saturated heterocycles. The SMILES string of the molecule is CCCCCCCCCCCCCCCC[N+](C)(C)CCOCCOC(=O)CCC(C)(C)CCC(C)CNC(=O)OCCOCC[N+](C)(C)CCCCCCCCCCCCCCCC. The van der Waals surface area contributed by atoms with Crippen molar-refractivity contribution < 1.29 is 37.5 Å². The maximum absolute atomic E-state index is 12.5. The summed E-state index contributed by atoms with van der Waals surface area (Å²) in [7, 11) is 9.15. The fourth-order valence-electron chi connectivity index (χ4n) is 8.61. The minimum Gasteiger partial charge on any atom is -0.463 e. The van der Waals surface area contributed by atoms with Gasteiger partial charge in [-0.3, -0.25) is 4.79 Å². The summed E-state index contributed by atoms with van der Waals surface area (Å²) in [6.45, 7) is 18.8. The van der Waals surface area contributed by atoms with Crippen LogP contribution in [0.5, 0.6) is 0 Å². The number of alkyl carbamates (subject to hydrolysis) is 1. The van der Waals surface area contributed by atoms with Crippen molar-refractivity contribution in [1.29, 1.82) is 0 Å². The van der Waals surface area contributed by atoms with Gasteiger partial charge in [-0.25, -0.2) is 4.79 Å². The van der Waals surface area contributed by atoms with E-state index in [1.807, 2.05) is 0 Å². The average molecular weight is 927 g/mol. The molecule has 1 unspecified atom stereocenters. The zero-order valence-electron chi connectivity index (χ0n) is 45.3. The molecule has 1 atom stereocenters. The van der Waals surface area contributed by atoms with Crippen LogP contribution >= 0.6 is 0 Å². The second-order valence-electron chi connectivity index (χ2n) is 22.2. The van der Waals surface area contributed by atoms with Gasteiger partial charge in [0, 0.05) is 13.0 Å². The van der Waals surface area contributed by atoms with Gasteiger partial charge in [0.25, 0.3) is 0 Å². The van der Waals surface area contributed by atoms with Gasteiger partial charge in [-0.05, 0) is 56.3 Å². The van der Waals surface area contributed by atoms with E-state index in [2.05, 4.69) is 68.1 Å². The zero-order chi connectivity index (χ0) is 48.2. The maximum Gasteiger partial charge on any atom is 0.407 e. The monoisotopic (exact) mass is 926 g/mol. The van der Waals surface area contributed by atoms with Crippen molar-refractivity contribution in [3.8, 4) is 0 Å². The molecule has 1 amide bonds. The quantitative estimate of drug-likeness (QED) is 0.0372. The summed E-state index contributed by atoms with van der Waals surface area (Å²) in [6.07, 6.45) is 41.7. The third-order valence-electron chi connectivity index (χ3n) is 13.8. The first-order valence-corrected chi connectivity index (χ1v) is 28.1. The summed E-state index contributed by atoms with van der Waals surface area (Å²) in [4.78, 5) is 24.8. The van der Waals surface area contributed by atoms with Crippen molar-refractivity contribution in [3.63, 3.8) is 0 Å². The molecule has 0 radical (unpaired) electrons. The predicted molar refractivity (Wildman–Crippen MR) is 278 cm³/mol. The minimum atomic E-state index is -0.386. The van der Waals surface area contributed by atoms with E-state index in [1.165, 1.54) is 193 Å². The number of nitrogens with zero attached hydrogens (tertiary/aromatic N) is 2. The summed E-state index contributed by atoms with van der Waals surface area (Å²) in [5.41, 5.74) is 0.0114. The normalized spacial score (nSPS) is 12.8. The number of carbonyl (C=O) groups is 2. The Bertz CT molecular complexity index is 1050. The topological polar surface area (TPSA) is 83.1 Å². The average Bonchev–Trinajstić information content (AvgIpc) is 3.26. The fraction of sp³-hybridized carbons (Fsp3) is 0.964. The van der Waals surface area contributed by atoms with Gasteiger partial charge in [-0.2, -0.15) is 0 Å². The molecule has 0 aromatic rings. The lowest BCUT2D eigenvalue weighted by Gasteiger charge is -2.29. The smallest absolute Gasteiger partial charge is 0.407 e. The van der Waals surface area contributed by atoms with Crippen LogP contribution in [0, 0.1) is 11.3 Å². The second-order valence-corrected chi connectivity index (χ2v) is 22.2. The molecule has 0 aliphatic rings. The Balaban J connectivity index is 3.76. The Labute approximate surface area is 405 Å². The van der Waals surface area contributed by atoms with Gasteiger partial charge < -0.3 is 33.2 Å². The zero-order valence-corrected chi connectivity index (χ0v) is 45.3. The maximum atomic E-state index is 12.5. The fourth-order valence-corrected chi connectivity index (χ4v) is 8.61. The Morgan fingerprint density at radius 2 is 0.815 bits per heavy atom. The number of ether oxygens (including phenoxy) is 4. The molecule has 9 heteroatoms. The highest BCUT2D eigenvalue weighted by Crippen LogP contribution is 2.30. The Hall–Kier alpha value is -1.42. The van der Waals surface area contributed by atoms with Gasteiger partial charge in [0.15, 0.2) is 0 Å². The summed E-state index contributed by atoms with van der Waals surface area (Å²) in [5.74, 6) is 0.157. The van der Waals surface area contributed by atoms with E-state index in [9.17, 15) is 9.59 Å². The molecule has 0 aromatic carbocycles. The Morgan fingerprint density at radius 1 is 0.462 bits per heavy atom. The van der Waals surface area contributed by atoms with Gasteiger partial charge >= 0.3 is 12.1 Å². The van der Waals surface area contributed by atoms with Crippen LogP contribution in [0.4, 0.5) is 4.79 Å². The summed E-state index contributed by atoms with van der Waals surface area (Å²) >= 11 is 0.